The Hall–Kier alpha value is -2.69. The predicted octanol–water partition coefficient (Wildman–Crippen LogP) is 4.72. The third-order valence-corrected chi connectivity index (χ3v) is 4.92. The van der Waals surface area contributed by atoms with Gasteiger partial charge in [-0.15, -0.1) is 0 Å². The summed E-state index contributed by atoms with van der Waals surface area (Å²) in [6.07, 6.45) is 4.14. The van der Waals surface area contributed by atoms with E-state index in [0.29, 0.717) is 23.8 Å². The Bertz CT molecular complexity index is 748. The van der Waals surface area contributed by atoms with Gasteiger partial charge in [0.25, 0.3) is 0 Å². The number of anilines is 1. The first-order valence-corrected chi connectivity index (χ1v) is 9.63. The smallest absolute Gasteiger partial charge is 0.322 e. The molecule has 27 heavy (non-hydrogen) atoms. The van der Waals surface area contributed by atoms with Crippen LogP contribution in [-0.2, 0) is 6.42 Å². The number of nitrogens with one attached hydrogen (secondary N) is 1. The molecule has 0 aliphatic carbocycles. The van der Waals surface area contributed by atoms with E-state index in [0.717, 1.165) is 32.2 Å². The van der Waals surface area contributed by atoms with Gasteiger partial charge < -0.3 is 19.7 Å². The van der Waals surface area contributed by atoms with Gasteiger partial charge >= 0.3 is 6.03 Å². The van der Waals surface area contributed by atoms with E-state index < -0.39 is 0 Å². The number of hydrogen-bond donors (Lipinski definition) is 1. The van der Waals surface area contributed by atoms with Gasteiger partial charge in [0.05, 0.1) is 13.7 Å². The van der Waals surface area contributed by atoms with E-state index in [1.54, 1.807) is 7.11 Å². The van der Waals surface area contributed by atoms with Crippen LogP contribution >= 0.6 is 0 Å². The summed E-state index contributed by atoms with van der Waals surface area (Å²) >= 11 is 0. The lowest BCUT2D eigenvalue weighted by Gasteiger charge is -2.36. The van der Waals surface area contributed by atoms with Crippen molar-refractivity contribution in [3.05, 3.63) is 54.1 Å². The molecule has 0 radical (unpaired) electrons. The maximum absolute atomic E-state index is 12.9. The maximum Gasteiger partial charge on any atom is 0.322 e. The molecule has 1 aliphatic rings. The number of rotatable bonds is 6. The number of carbonyl (C=O) groups is 1. The minimum atomic E-state index is -0.0525. The number of hydrogen-bond acceptors (Lipinski definition) is 3. The van der Waals surface area contributed by atoms with Crippen LogP contribution < -0.4 is 14.8 Å². The number of benzene rings is 2. The van der Waals surface area contributed by atoms with Crippen LogP contribution in [0.15, 0.2) is 48.5 Å². The van der Waals surface area contributed by atoms with Crippen molar-refractivity contribution in [1.82, 2.24) is 4.90 Å². The molecule has 2 amide bonds. The van der Waals surface area contributed by atoms with Gasteiger partial charge in [-0.3, -0.25) is 0 Å². The van der Waals surface area contributed by atoms with Crippen molar-refractivity contribution >= 4 is 11.7 Å². The number of carbonyl (C=O) groups excluding carboxylic acids is 1. The summed E-state index contributed by atoms with van der Waals surface area (Å²) in [6.45, 7) is 3.25. The van der Waals surface area contributed by atoms with Gasteiger partial charge in [-0.05, 0) is 50.3 Å². The summed E-state index contributed by atoms with van der Waals surface area (Å²) in [5.41, 5.74) is 1.98. The van der Waals surface area contributed by atoms with E-state index in [2.05, 4.69) is 29.6 Å². The zero-order valence-electron chi connectivity index (χ0n) is 16.1. The first-order valence-electron chi connectivity index (χ1n) is 9.63. The summed E-state index contributed by atoms with van der Waals surface area (Å²) < 4.78 is 10.9. The Balaban J connectivity index is 1.70. The number of amides is 2. The van der Waals surface area contributed by atoms with Crippen LogP contribution in [-0.4, -0.2) is 37.2 Å². The molecule has 0 spiro atoms. The van der Waals surface area contributed by atoms with Gasteiger partial charge in [-0.25, -0.2) is 4.79 Å². The van der Waals surface area contributed by atoms with Gasteiger partial charge in [0.2, 0.25) is 0 Å². The molecular formula is C22H28N2O3. The third kappa shape index (κ3) is 4.94. The second-order valence-electron chi connectivity index (χ2n) is 6.76. The zero-order chi connectivity index (χ0) is 19.1. The second-order valence-corrected chi connectivity index (χ2v) is 6.76. The first-order chi connectivity index (χ1) is 13.2. The number of methoxy groups -OCH3 is 1. The molecule has 0 saturated carbocycles. The van der Waals surface area contributed by atoms with E-state index in [1.165, 1.54) is 5.56 Å². The fourth-order valence-electron chi connectivity index (χ4n) is 3.58. The van der Waals surface area contributed by atoms with Crippen LogP contribution in [0.3, 0.4) is 0 Å². The molecule has 1 N–H and O–H groups in total. The average molecular weight is 368 g/mol. The molecule has 1 fully saturated rings. The number of ether oxygens (including phenoxy) is 2. The summed E-state index contributed by atoms with van der Waals surface area (Å²) in [5.74, 6) is 1.30. The minimum Gasteiger partial charge on any atom is -0.493 e. The molecule has 1 saturated heterocycles. The zero-order valence-corrected chi connectivity index (χ0v) is 16.1. The topological polar surface area (TPSA) is 50.8 Å². The highest BCUT2D eigenvalue weighted by Crippen LogP contribution is 2.30. The highest BCUT2D eigenvalue weighted by atomic mass is 16.5. The van der Waals surface area contributed by atoms with Gasteiger partial charge in [0.1, 0.15) is 0 Å². The molecule has 2 aromatic rings. The third-order valence-electron chi connectivity index (χ3n) is 4.92. The minimum absolute atomic E-state index is 0.0525. The van der Waals surface area contributed by atoms with E-state index in [-0.39, 0.29) is 12.1 Å². The molecule has 1 atom stereocenters. The Kier molecular flexibility index (Phi) is 6.58. The highest BCUT2D eigenvalue weighted by molar-refractivity contribution is 5.90. The van der Waals surface area contributed by atoms with Crippen molar-refractivity contribution in [2.24, 2.45) is 0 Å². The van der Waals surface area contributed by atoms with E-state index in [1.807, 2.05) is 36.1 Å². The van der Waals surface area contributed by atoms with E-state index in [4.69, 9.17) is 9.47 Å². The standard InChI is InChI=1S/C22H28N2O3/c1-3-27-21-16-18(12-13-20(21)26-2)23-22(25)24-14-8-7-11-19(24)15-17-9-5-4-6-10-17/h4-6,9-10,12-13,16,19H,3,7-8,11,14-15H2,1-2H3,(H,23,25). The normalized spacial score (nSPS) is 16.7. The van der Waals surface area contributed by atoms with Crippen LogP contribution in [0.1, 0.15) is 31.7 Å². The van der Waals surface area contributed by atoms with Crippen molar-refractivity contribution in [1.29, 1.82) is 0 Å². The van der Waals surface area contributed by atoms with Crippen molar-refractivity contribution in [2.75, 3.05) is 25.6 Å². The number of likely N-dealkylation sites (tertiary alicyclic amines) is 1. The Labute approximate surface area is 161 Å². The lowest BCUT2D eigenvalue weighted by molar-refractivity contribution is 0.162. The van der Waals surface area contributed by atoms with Crippen molar-refractivity contribution in [3.8, 4) is 11.5 Å². The highest BCUT2D eigenvalue weighted by Gasteiger charge is 2.27. The molecular weight excluding hydrogens is 340 g/mol. The van der Waals surface area contributed by atoms with Crippen LogP contribution in [0.5, 0.6) is 11.5 Å². The Morgan fingerprint density at radius 2 is 1.96 bits per heavy atom. The van der Waals surface area contributed by atoms with Gasteiger partial charge in [-0.1, -0.05) is 30.3 Å². The van der Waals surface area contributed by atoms with Crippen LogP contribution in [0.25, 0.3) is 0 Å². The maximum atomic E-state index is 12.9. The monoisotopic (exact) mass is 368 g/mol. The van der Waals surface area contributed by atoms with E-state index in [9.17, 15) is 4.79 Å². The molecule has 5 nitrogen and oxygen atoms in total. The summed E-state index contributed by atoms with van der Waals surface area (Å²) in [6, 6.07) is 16.0. The van der Waals surface area contributed by atoms with Crippen molar-refractivity contribution in [3.63, 3.8) is 0 Å². The molecule has 3 rings (SSSR count). The molecule has 0 bridgehead atoms. The van der Waals surface area contributed by atoms with Gasteiger partial charge in [-0.2, -0.15) is 0 Å². The lowest BCUT2D eigenvalue weighted by Crippen LogP contribution is -2.46. The Morgan fingerprint density at radius 3 is 2.70 bits per heavy atom. The van der Waals surface area contributed by atoms with Crippen LogP contribution in [0, 0.1) is 0 Å². The summed E-state index contributed by atoms with van der Waals surface area (Å²) in [4.78, 5) is 14.9. The summed E-state index contributed by atoms with van der Waals surface area (Å²) in [7, 11) is 1.61. The first kappa shape index (κ1) is 19.1. The Morgan fingerprint density at radius 1 is 1.15 bits per heavy atom. The average Bonchev–Trinajstić information content (AvgIpc) is 2.70. The van der Waals surface area contributed by atoms with Crippen molar-refractivity contribution in [2.45, 2.75) is 38.6 Å². The van der Waals surface area contributed by atoms with Gasteiger partial charge in [0, 0.05) is 24.3 Å². The molecule has 5 heteroatoms. The summed E-state index contributed by atoms with van der Waals surface area (Å²) in [5, 5.41) is 3.03. The lowest BCUT2D eigenvalue weighted by atomic mass is 9.96. The SMILES string of the molecule is CCOc1cc(NC(=O)N2CCCCC2Cc2ccccc2)ccc1OC. The molecule has 2 aromatic carbocycles. The fourth-order valence-corrected chi connectivity index (χ4v) is 3.58. The second kappa shape index (κ2) is 9.31. The van der Waals surface area contributed by atoms with Gasteiger partial charge in [0.15, 0.2) is 11.5 Å². The van der Waals surface area contributed by atoms with E-state index >= 15 is 0 Å². The number of piperidine rings is 1. The van der Waals surface area contributed by atoms with Crippen LogP contribution in [0.4, 0.5) is 10.5 Å². The quantitative estimate of drug-likeness (QED) is 0.802. The fraction of sp³-hybridized carbons (Fsp3) is 0.409. The molecule has 1 aliphatic heterocycles. The number of urea groups is 1. The predicted molar refractivity (Wildman–Crippen MR) is 108 cm³/mol. The number of nitrogens with zero attached hydrogens (tertiary/aromatic N) is 1. The van der Waals surface area contributed by atoms with Crippen LogP contribution in [0.2, 0.25) is 0 Å². The van der Waals surface area contributed by atoms with Crippen molar-refractivity contribution < 1.29 is 14.3 Å². The molecule has 1 unspecified atom stereocenters. The largest absolute Gasteiger partial charge is 0.493 e. The molecule has 0 aromatic heterocycles. The molecule has 1 heterocycles. The molecule has 144 valence electrons.